The molecule has 0 spiro atoms. The molecule has 0 bridgehead atoms. The molecule has 2 aromatic rings. The number of rotatable bonds is 7. The summed E-state index contributed by atoms with van der Waals surface area (Å²) in [6.45, 7) is 0.426. The molecule has 6 nitrogen and oxygen atoms in total. The second-order valence-electron chi connectivity index (χ2n) is 7.26. The van der Waals surface area contributed by atoms with Gasteiger partial charge in [0.2, 0.25) is 17.7 Å². The van der Waals surface area contributed by atoms with E-state index in [0.717, 1.165) is 17.7 Å². The van der Waals surface area contributed by atoms with Gasteiger partial charge < -0.3 is 15.5 Å². The van der Waals surface area contributed by atoms with E-state index >= 15 is 0 Å². The van der Waals surface area contributed by atoms with E-state index in [2.05, 4.69) is 10.6 Å². The van der Waals surface area contributed by atoms with Crippen molar-refractivity contribution in [1.29, 1.82) is 0 Å². The van der Waals surface area contributed by atoms with E-state index in [0.29, 0.717) is 0 Å². The maximum Gasteiger partial charge on any atom is 0.416 e. The zero-order chi connectivity index (χ0) is 22.4. The highest BCUT2D eigenvalue weighted by Crippen LogP contribution is 2.33. The maximum absolute atomic E-state index is 12.9. The van der Waals surface area contributed by atoms with Crippen LogP contribution < -0.4 is 15.5 Å². The van der Waals surface area contributed by atoms with Gasteiger partial charge in [-0.05, 0) is 23.8 Å². The van der Waals surface area contributed by atoms with E-state index in [4.69, 9.17) is 0 Å². The van der Waals surface area contributed by atoms with E-state index < -0.39 is 23.6 Å². The zero-order valence-corrected chi connectivity index (χ0v) is 16.6. The lowest BCUT2D eigenvalue weighted by atomic mass is 10.1. The Kier molecular flexibility index (Phi) is 6.94. The lowest BCUT2D eigenvalue weighted by molar-refractivity contribution is -0.137. The van der Waals surface area contributed by atoms with Crippen molar-refractivity contribution in [2.75, 3.05) is 24.5 Å². The fourth-order valence-electron chi connectivity index (χ4n) is 3.36. The number of alkyl halides is 3. The highest BCUT2D eigenvalue weighted by Gasteiger charge is 2.36. The van der Waals surface area contributed by atoms with E-state index in [1.165, 1.54) is 17.0 Å². The molecule has 1 saturated heterocycles. The predicted octanol–water partition coefficient (Wildman–Crippen LogP) is 2.53. The average molecular weight is 433 g/mol. The highest BCUT2D eigenvalue weighted by molar-refractivity contribution is 6.00. The van der Waals surface area contributed by atoms with Crippen molar-refractivity contribution in [3.05, 3.63) is 65.7 Å². The molecule has 3 amide bonds. The molecule has 2 N–H and O–H groups in total. The minimum Gasteiger partial charge on any atom is -0.354 e. The third-order valence-corrected chi connectivity index (χ3v) is 4.93. The summed E-state index contributed by atoms with van der Waals surface area (Å²) in [5, 5.41) is 5.36. The zero-order valence-electron chi connectivity index (χ0n) is 16.6. The van der Waals surface area contributed by atoms with Gasteiger partial charge in [-0.1, -0.05) is 36.4 Å². The Morgan fingerprint density at radius 2 is 1.71 bits per heavy atom. The van der Waals surface area contributed by atoms with Crippen LogP contribution in [0.15, 0.2) is 54.6 Å². The number of nitrogens with zero attached hydrogens (tertiary/aromatic N) is 1. The van der Waals surface area contributed by atoms with Gasteiger partial charge in [0.05, 0.1) is 17.9 Å². The monoisotopic (exact) mass is 433 g/mol. The summed E-state index contributed by atoms with van der Waals surface area (Å²) >= 11 is 0. The van der Waals surface area contributed by atoms with Crippen molar-refractivity contribution >= 4 is 23.4 Å². The smallest absolute Gasteiger partial charge is 0.354 e. The number of hydrogen-bond acceptors (Lipinski definition) is 3. The van der Waals surface area contributed by atoms with Crippen LogP contribution in [-0.4, -0.2) is 37.4 Å². The minimum absolute atomic E-state index is 0.00629. The van der Waals surface area contributed by atoms with Gasteiger partial charge in [0.25, 0.3) is 0 Å². The van der Waals surface area contributed by atoms with Gasteiger partial charge in [0.1, 0.15) is 0 Å². The Balaban J connectivity index is 1.46. The van der Waals surface area contributed by atoms with Crippen molar-refractivity contribution in [3.8, 4) is 0 Å². The summed E-state index contributed by atoms with van der Waals surface area (Å²) in [4.78, 5) is 37.7. The summed E-state index contributed by atoms with van der Waals surface area (Å²) in [5.41, 5.74) is 0.142. The first-order valence-electron chi connectivity index (χ1n) is 9.80. The molecule has 164 valence electrons. The molecule has 1 aliphatic rings. The molecule has 1 atom stereocenters. The van der Waals surface area contributed by atoms with Gasteiger partial charge in [-0.25, -0.2) is 0 Å². The molecular weight excluding hydrogens is 411 g/mol. The van der Waals surface area contributed by atoms with Crippen LogP contribution in [0.5, 0.6) is 0 Å². The fourth-order valence-corrected chi connectivity index (χ4v) is 3.36. The second kappa shape index (κ2) is 9.63. The molecule has 1 unspecified atom stereocenters. The first-order valence-corrected chi connectivity index (χ1v) is 9.80. The molecular formula is C22H22F3N3O3. The summed E-state index contributed by atoms with van der Waals surface area (Å²) in [6.07, 6.45) is -4.36. The predicted molar refractivity (Wildman–Crippen MR) is 108 cm³/mol. The third-order valence-electron chi connectivity index (χ3n) is 4.93. The normalized spacial score (nSPS) is 16.3. The van der Waals surface area contributed by atoms with Crippen LogP contribution in [0.4, 0.5) is 18.9 Å². The van der Waals surface area contributed by atoms with Crippen LogP contribution in [0.1, 0.15) is 17.5 Å². The van der Waals surface area contributed by atoms with Crippen molar-refractivity contribution in [2.24, 2.45) is 5.92 Å². The molecule has 2 aromatic carbocycles. The van der Waals surface area contributed by atoms with Crippen LogP contribution in [0.25, 0.3) is 0 Å². The van der Waals surface area contributed by atoms with Gasteiger partial charge >= 0.3 is 6.18 Å². The summed E-state index contributed by atoms with van der Waals surface area (Å²) in [6, 6.07) is 13.7. The summed E-state index contributed by atoms with van der Waals surface area (Å²) in [7, 11) is 0. The van der Waals surface area contributed by atoms with Crippen molar-refractivity contribution in [3.63, 3.8) is 0 Å². The number of carbonyl (C=O) groups excluding carboxylic acids is 3. The lowest BCUT2D eigenvalue weighted by Gasteiger charge is -2.18. The molecule has 0 aliphatic carbocycles. The molecule has 0 aromatic heterocycles. The maximum atomic E-state index is 12.9. The van der Waals surface area contributed by atoms with Crippen molar-refractivity contribution < 1.29 is 27.6 Å². The molecule has 0 saturated carbocycles. The Labute approximate surface area is 177 Å². The summed E-state index contributed by atoms with van der Waals surface area (Å²) < 4.78 is 38.7. The van der Waals surface area contributed by atoms with Crippen molar-refractivity contribution in [2.45, 2.75) is 19.0 Å². The first-order chi connectivity index (χ1) is 14.7. The van der Waals surface area contributed by atoms with E-state index in [-0.39, 0.29) is 50.0 Å². The number of benzene rings is 2. The van der Waals surface area contributed by atoms with E-state index in [1.807, 2.05) is 30.3 Å². The SMILES string of the molecule is O=C(Cc1ccccc1)NCCNC(=O)C1CC(=O)N(c2cccc(C(F)(F)F)c2)C1. The number of halogens is 3. The van der Waals surface area contributed by atoms with Crippen LogP contribution in [0, 0.1) is 5.92 Å². The molecule has 0 radical (unpaired) electrons. The largest absolute Gasteiger partial charge is 0.416 e. The van der Waals surface area contributed by atoms with E-state index in [1.54, 1.807) is 0 Å². The fraction of sp³-hybridized carbons (Fsp3) is 0.318. The number of amides is 3. The Morgan fingerprint density at radius 3 is 2.42 bits per heavy atom. The van der Waals surface area contributed by atoms with E-state index in [9.17, 15) is 27.6 Å². The van der Waals surface area contributed by atoms with Gasteiger partial charge in [-0.2, -0.15) is 13.2 Å². The lowest BCUT2D eigenvalue weighted by Crippen LogP contribution is -2.38. The minimum atomic E-state index is -4.51. The molecule has 3 rings (SSSR count). The molecule has 1 fully saturated rings. The third kappa shape index (κ3) is 6.07. The molecule has 31 heavy (non-hydrogen) atoms. The van der Waals surface area contributed by atoms with Gasteiger partial charge in [-0.15, -0.1) is 0 Å². The standard InChI is InChI=1S/C22H22F3N3O3/c23-22(24,25)17-7-4-8-18(13-17)28-14-16(12-20(28)30)21(31)27-10-9-26-19(29)11-15-5-2-1-3-6-15/h1-8,13,16H,9-12,14H2,(H,26,29)(H,27,31). The second-order valence-corrected chi connectivity index (χ2v) is 7.26. The Bertz CT molecular complexity index is 948. The van der Waals surface area contributed by atoms with Gasteiger partial charge in [0, 0.05) is 31.7 Å². The first kappa shape index (κ1) is 22.3. The van der Waals surface area contributed by atoms with Crippen LogP contribution in [0.3, 0.4) is 0 Å². The quantitative estimate of drug-likeness (QED) is 0.659. The molecule has 1 heterocycles. The number of hydrogen-bond donors (Lipinski definition) is 2. The Hall–Kier alpha value is -3.36. The topological polar surface area (TPSA) is 78.5 Å². The number of carbonyl (C=O) groups is 3. The average Bonchev–Trinajstić information content (AvgIpc) is 3.13. The number of nitrogens with one attached hydrogen (secondary N) is 2. The van der Waals surface area contributed by atoms with Crippen LogP contribution in [-0.2, 0) is 27.0 Å². The molecule has 9 heteroatoms. The number of anilines is 1. The summed E-state index contributed by atoms with van der Waals surface area (Å²) in [5.74, 6) is -1.62. The molecule has 1 aliphatic heterocycles. The Morgan fingerprint density at radius 1 is 1.00 bits per heavy atom. The van der Waals surface area contributed by atoms with Gasteiger partial charge in [-0.3, -0.25) is 14.4 Å². The van der Waals surface area contributed by atoms with Crippen molar-refractivity contribution in [1.82, 2.24) is 10.6 Å². The van der Waals surface area contributed by atoms with Crippen LogP contribution >= 0.6 is 0 Å². The highest BCUT2D eigenvalue weighted by atomic mass is 19.4. The van der Waals surface area contributed by atoms with Crippen LogP contribution in [0.2, 0.25) is 0 Å². The van der Waals surface area contributed by atoms with Gasteiger partial charge in [0.15, 0.2) is 0 Å².